The Bertz CT molecular complexity index is 4160. The van der Waals surface area contributed by atoms with Crippen molar-refractivity contribution >= 4 is 43.6 Å². The number of para-hydroxylation sites is 3. The van der Waals surface area contributed by atoms with Crippen LogP contribution in [0.4, 0.5) is 0 Å². The van der Waals surface area contributed by atoms with E-state index in [0.29, 0.717) is 17.5 Å². The molecule has 14 rings (SSSR count). The van der Waals surface area contributed by atoms with Gasteiger partial charge in [-0.3, -0.25) is 0 Å². The first-order chi connectivity index (χ1) is 36.7. The van der Waals surface area contributed by atoms with Crippen LogP contribution >= 0.6 is 0 Å². The molecule has 0 aliphatic rings. The Kier molecular flexibility index (Phi) is 10.4. The summed E-state index contributed by atoms with van der Waals surface area (Å²) in [5, 5.41) is 4.82. The topological polar surface area (TPSA) is 48.5 Å². The van der Waals surface area contributed by atoms with Crippen molar-refractivity contribution in [1.29, 1.82) is 0 Å². The van der Waals surface area contributed by atoms with E-state index in [0.717, 1.165) is 83.6 Å². The number of rotatable bonds is 9. The molecular formula is C69H45N5. The van der Waals surface area contributed by atoms with Crippen molar-refractivity contribution in [3.05, 3.63) is 273 Å². The SMILES string of the molecule is c1ccc(-c2ccc(-c3nc(-c4ccc(-c5ccccc5)cc4)nc(-c4cc(-c5ccccc5)c(-n5c6ccccc6c6c(-n7c8ccccc8c8ccccc87)cccc65)c(-c5ccccc5)c4)n3)cc2)cc1. The minimum Gasteiger partial charge on any atom is -0.309 e. The molecule has 0 N–H and O–H groups in total. The third-order valence-corrected chi connectivity index (χ3v) is 14.4. The molecule has 0 aliphatic heterocycles. The summed E-state index contributed by atoms with van der Waals surface area (Å²) < 4.78 is 4.94. The molecule has 0 radical (unpaired) electrons. The van der Waals surface area contributed by atoms with Gasteiger partial charge in [0.2, 0.25) is 0 Å². The Labute approximate surface area is 428 Å². The van der Waals surface area contributed by atoms with E-state index in [4.69, 9.17) is 15.0 Å². The molecule has 11 aromatic carbocycles. The minimum atomic E-state index is 0.584. The Balaban J connectivity index is 1.03. The van der Waals surface area contributed by atoms with Crippen molar-refractivity contribution in [2.24, 2.45) is 0 Å². The third kappa shape index (κ3) is 7.37. The lowest BCUT2D eigenvalue weighted by atomic mass is 9.92. The van der Waals surface area contributed by atoms with Gasteiger partial charge in [0.05, 0.1) is 33.4 Å². The van der Waals surface area contributed by atoms with E-state index >= 15 is 0 Å². The van der Waals surface area contributed by atoms with Crippen LogP contribution in [0, 0.1) is 0 Å². The van der Waals surface area contributed by atoms with Crippen molar-refractivity contribution in [1.82, 2.24) is 24.1 Å². The van der Waals surface area contributed by atoms with Gasteiger partial charge >= 0.3 is 0 Å². The number of fused-ring (bicyclic) bond motifs is 6. The zero-order valence-electron chi connectivity index (χ0n) is 40.2. The minimum absolute atomic E-state index is 0.584. The second kappa shape index (κ2) is 18.0. The molecule has 0 spiro atoms. The van der Waals surface area contributed by atoms with Gasteiger partial charge in [0.15, 0.2) is 17.5 Å². The van der Waals surface area contributed by atoms with Crippen LogP contribution in [0.1, 0.15) is 0 Å². The number of benzene rings is 11. The predicted octanol–water partition coefficient (Wildman–Crippen LogP) is 17.7. The van der Waals surface area contributed by atoms with Gasteiger partial charge in [-0.15, -0.1) is 0 Å². The van der Waals surface area contributed by atoms with Gasteiger partial charge < -0.3 is 9.13 Å². The van der Waals surface area contributed by atoms with E-state index in [-0.39, 0.29) is 0 Å². The second-order valence-electron chi connectivity index (χ2n) is 18.7. The first kappa shape index (κ1) is 42.9. The quantitative estimate of drug-likeness (QED) is 0.145. The lowest BCUT2D eigenvalue weighted by Gasteiger charge is -2.21. The number of hydrogen-bond donors (Lipinski definition) is 0. The molecule has 0 bridgehead atoms. The predicted molar refractivity (Wildman–Crippen MR) is 307 cm³/mol. The lowest BCUT2D eigenvalue weighted by molar-refractivity contribution is 1.07. The maximum atomic E-state index is 5.39. The summed E-state index contributed by atoms with van der Waals surface area (Å²) in [4.78, 5) is 16.0. The highest BCUT2D eigenvalue weighted by Crippen LogP contribution is 2.46. The number of aromatic nitrogens is 5. The van der Waals surface area contributed by atoms with Gasteiger partial charge in [-0.2, -0.15) is 0 Å². The van der Waals surface area contributed by atoms with Crippen LogP contribution in [0.5, 0.6) is 0 Å². The summed E-state index contributed by atoms with van der Waals surface area (Å²) in [6.07, 6.45) is 0. The fourth-order valence-corrected chi connectivity index (χ4v) is 10.9. The van der Waals surface area contributed by atoms with Crippen LogP contribution in [0.25, 0.3) is 134 Å². The zero-order chi connectivity index (χ0) is 49.0. The molecule has 0 saturated carbocycles. The fraction of sp³-hybridized carbons (Fsp3) is 0. The Hall–Kier alpha value is -9.97. The summed E-state index contributed by atoms with van der Waals surface area (Å²) in [5.41, 5.74) is 18.3. The molecule has 74 heavy (non-hydrogen) atoms. The molecule has 5 nitrogen and oxygen atoms in total. The molecule has 0 saturated heterocycles. The molecular weight excluding hydrogens is 899 g/mol. The molecule has 346 valence electrons. The van der Waals surface area contributed by atoms with Crippen molar-refractivity contribution in [3.8, 4) is 90.0 Å². The summed E-state index contributed by atoms with van der Waals surface area (Å²) in [6.45, 7) is 0. The van der Waals surface area contributed by atoms with Crippen LogP contribution < -0.4 is 0 Å². The molecule has 0 amide bonds. The molecule has 5 heteroatoms. The first-order valence-electron chi connectivity index (χ1n) is 25.1. The molecule has 14 aromatic rings. The Morgan fingerprint density at radius 2 is 0.568 bits per heavy atom. The van der Waals surface area contributed by atoms with Crippen LogP contribution in [0.15, 0.2) is 273 Å². The van der Waals surface area contributed by atoms with Gasteiger partial charge in [0.25, 0.3) is 0 Å². The van der Waals surface area contributed by atoms with E-state index < -0.39 is 0 Å². The van der Waals surface area contributed by atoms with Crippen molar-refractivity contribution in [3.63, 3.8) is 0 Å². The van der Waals surface area contributed by atoms with E-state index in [1.54, 1.807) is 0 Å². The van der Waals surface area contributed by atoms with Crippen LogP contribution in [0.2, 0.25) is 0 Å². The molecule has 0 atom stereocenters. The Morgan fingerprint density at radius 1 is 0.230 bits per heavy atom. The average Bonchev–Trinajstić information content (AvgIpc) is 4.01. The second-order valence-corrected chi connectivity index (χ2v) is 18.7. The summed E-state index contributed by atoms with van der Waals surface area (Å²) >= 11 is 0. The molecule has 0 fully saturated rings. The lowest BCUT2D eigenvalue weighted by Crippen LogP contribution is -2.04. The van der Waals surface area contributed by atoms with Crippen molar-refractivity contribution in [2.75, 3.05) is 0 Å². The normalized spacial score (nSPS) is 11.5. The smallest absolute Gasteiger partial charge is 0.164 e. The highest BCUT2D eigenvalue weighted by Gasteiger charge is 2.25. The van der Waals surface area contributed by atoms with Gasteiger partial charge in [-0.05, 0) is 75.8 Å². The van der Waals surface area contributed by atoms with Crippen molar-refractivity contribution < 1.29 is 0 Å². The van der Waals surface area contributed by atoms with Crippen molar-refractivity contribution in [2.45, 2.75) is 0 Å². The standard InChI is InChI=1S/C69H45N5/c1-5-20-46(21-6-1)48-36-40-52(41-37-48)67-70-68(53-42-38-49(39-43-53)47-22-7-2-8-23-47)72-69(71-67)54-44-58(50-24-9-3-10-25-50)66(59(45-54)51-26-11-4-12-27-51)74-62-33-18-15-30-57(62)65-63(34-19-35-64(65)74)73-60-31-16-13-28-55(60)56-29-14-17-32-61(56)73/h1-45H. The zero-order valence-corrected chi connectivity index (χ0v) is 40.2. The highest BCUT2D eigenvalue weighted by molar-refractivity contribution is 6.17. The summed E-state index contributed by atoms with van der Waals surface area (Å²) in [5.74, 6) is 1.78. The van der Waals surface area contributed by atoms with E-state index in [2.05, 4.69) is 270 Å². The average molecular weight is 944 g/mol. The van der Waals surface area contributed by atoms with E-state index in [9.17, 15) is 0 Å². The van der Waals surface area contributed by atoms with E-state index in [1.807, 2.05) is 12.1 Å². The molecule has 0 aliphatic carbocycles. The first-order valence-corrected chi connectivity index (χ1v) is 25.1. The van der Waals surface area contributed by atoms with Crippen LogP contribution in [-0.2, 0) is 0 Å². The fourth-order valence-electron chi connectivity index (χ4n) is 10.9. The van der Waals surface area contributed by atoms with Crippen LogP contribution in [-0.4, -0.2) is 24.1 Å². The number of nitrogens with zero attached hydrogens (tertiary/aromatic N) is 5. The third-order valence-electron chi connectivity index (χ3n) is 14.4. The summed E-state index contributed by atoms with van der Waals surface area (Å²) in [6, 6.07) is 97.2. The molecule has 3 aromatic heterocycles. The monoisotopic (exact) mass is 943 g/mol. The summed E-state index contributed by atoms with van der Waals surface area (Å²) in [7, 11) is 0. The van der Waals surface area contributed by atoms with E-state index in [1.165, 1.54) is 32.6 Å². The van der Waals surface area contributed by atoms with Gasteiger partial charge in [-0.1, -0.05) is 231 Å². The van der Waals surface area contributed by atoms with Crippen LogP contribution in [0.3, 0.4) is 0 Å². The molecule has 0 unspecified atom stereocenters. The largest absolute Gasteiger partial charge is 0.309 e. The van der Waals surface area contributed by atoms with Gasteiger partial charge in [-0.25, -0.2) is 15.0 Å². The van der Waals surface area contributed by atoms with Gasteiger partial charge in [0.1, 0.15) is 0 Å². The molecule has 3 heterocycles. The maximum Gasteiger partial charge on any atom is 0.164 e. The maximum absolute atomic E-state index is 5.39. The van der Waals surface area contributed by atoms with Gasteiger partial charge in [0, 0.05) is 49.4 Å². The highest BCUT2D eigenvalue weighted by atomic mass is 15.0. The Morgan fingerprint density at radius 3 is 1.03 bits per heavy atom. The number of hydrogen-bond acceptors (Lipinski definition) is 3.